The van der Waals surface area contributed by atoms with Crippen LogP contribution in [0.4, 0.5) is 49.9 Å². The van der Waals surface area contributed by atoms with E-state index in [0.29, 0.717) is 22.9 Å². The second-order valence-electron chi connectivity index (χ2n) is 11.5. The van der Waals surface area contributed by atoms with E-state index < -0.39 is 52.7 Å². The summed E-state index contributed by atoms with van der Waals surface area (Å²) in [6.45, 7) is 1.71. The third-order valence-corrected chi connectivity index (χ3v) is 7.72. The first kappa shape index (κ1) is 34.8. The van der Waals surface area contributed by atoms with Gasteiger partial charge in [-0.25, -0.2) is 28.3 Å². The number of fused-ring (bicyclic) bond motifs is 2. The monoisotopic (exact) mass is 713 g/mol. The number of para-hydroxylation sites is 1. The van der Waals surface area contributed by atoms with Gasteiger partial charge in [-0.05, 0) is 56.9 Å². The number of aromatic nitrogens is 2. The molecule has 3 heterocycles. The normalized spacial score (nSPS) is 13.5. The van der Waals surface area contributed by atoms with Gasteiger partial charge in [-0.15, -0.1) is 0 Å². The molecule has 0 saturated heterocycles. The molecule has 0 radical (unpaired) electrons. The Labute approximate surface area is 286 Å². The van der Waals surface area contributed by atoms with Gasteiger partial charge in [-0.3, -0.25) is 4.79 Å². The van der Waals surface area contributed by atoms with E-state index >= 15 is 8.78 Å². The number of aryl methyl sites for hydroxylation is 1. The molecular weight excluding hydrogens is 685 g/mol. The van der Waals surface area contributed by atoms with Gasteiger partial charge in [0.05, 0.1) is 17.8 Å². The number of esters is 1. The number of rotatable bonds is 9. The quantitative estimate of drug-likeness (QED) is 0.115. The summed E-state index contributed by atoms with van der Waals surface area (Å²) >= 11 is 0. The highest BCUT2D eigenvalue weighted by Gasteiger charge is 2.43. The van der Waals surface area contributed by atoms with Crippen LogP contribution in [0.15, 0.2) is 48.5 Å². The summed E-state index contributed by atoms with van der Waals surface area (Å²) in [5, 5.41) is 7.98. The van der Waals surface area contributed by atoms with E-state index in [9.17, 15) is 27.6 Å². The first-order valence-electron chi connectivity index (χ1n) is 15.2. The van der Waals surface area contributed by atoms with Gasteiger partial charge in [0, 0.05) is 36.0 Å². The van der Waals surface area contributed by atoms with E-state index in [0.717, 1.165) is 24.3 Å². The number of carbonyl (C=O) groups is 3. The Bertz CT molecular complexity index is 2040. The van der Waals surface area contributed by atoms with Gasteiger partial charge in [0.1, 0.15) is 17.3 Å². The molecule has 0 atom stereocenters. The number of benzene rings is 3. The van der Waals surface area contributed by atoms with Gasteiger partial charge in [0.2, 0.25) is 12.7 Å². The van der Waals surface area contributed by atoms with E-state index in [4.69, 9.17) is 14.2 Å². The zero-order valence-corrected chi connectivity index (χ0v) is 27.1. The molecule has 18 heteroatoms. The van der Waals surface area contributed by atoms with Crippen molar-refractivity contribution >= 4 is 41.0 Å². The molecule has 1 aromatic heterocycles. The van der Waals surface area contributed by atoms with E-state index in [1.165, 1.54) is 31.2 Å². The summed E-state index contributed by atoms with van der Waals surface area (Å²) in [7, 11) is 3.58. The average molecular weight is 714 g/mol. The van der Waals surface area contributed by atoms with Crippen molar-refractivity contribution in [3.05, 3.63) is 76.9 Å². The third kappa shape index (κ3) is 7.03. The first-order chi connectivity index (χ1) is 24.2. The van der Waals surface area contributed by atoms with Crippen LogP contribution in [0.1, 0.15) is 21.5 Å². The number of hydrogen-bond acceptors (Lipinski definition) is 10. The van der Waals surface area contributed by atoms with Crippen LogP contribution in [0.3, 0.4) is 0 Å². The molecule has 0 aliphatic carbocycles. The number of anilines is 4. The zero-order chi connectivity index (χ0) is 36.6. The van der Waals surface area contributed by atoms with Gasteiger partial charge < -0.3 is 35.1 Å². The summed E-state index contributed by atoms with van der Waals surface area (Å²) in [4.78, 5) is 50.7. The molecular formula is C33H28F5N7O6. The number of carbonyl (C=O) groups excluding carboxylic acids is 3. The van der Waals surface area contributed by atoms with E-state index in [1.54, 1.807) is 14.1 Å². The van der Waals surface area contributed by atoms with Crippen molar-refractivity contribution in [2.75, 3.05) is 49.5 Å². The molecule has 266 valence electrons. The standard InChI is InChI=1S/C33H28F5N7O6/c1-16-7-9-18(29(46)41-17-8-10-22-23(13-17)50-15-49-22)27(51-30(47)33(36,37)38)24(16)25-19-14-40-32(48)45(26-20(34)5-4-6-21(26)35)28(19)43-31(42-25)39-11-12-44(2)3/h4-10,13H,11-12,14-15H2,1-3H3,(H,40,48)(H,41,46)(H,39,42,43). The molecule has 0 unspecified atom stereocenters. The van der Waals surface area contributed by atoms with Gasteiger partial charge in [0.25, 0.3) is 5.91 Å². The SMILES string of the molecule is Cc1ccc(C(=O)Nc2ccc3c(c2)OCO3)c(OC(=O)C(F)(F)F)c1-c1nc(NCCN(C)C)nc2c1CNC(=O)N2c1c(F)cccc1F. The fourth-order valence-corrected chi connectivity index (χ4v) is 5.33. The lowest BCUT2D eigenvalue weighted by molar-refractivity contribution is -0.189. The summed E-state index contributed by atoms with van der Waals surface area (Å²) in [5.74, 6) is -6.45. The molecule has 0 bridgehead atoms. The van der Waals surface area contributed by atoms with Crippen molar-refractivity contribution in [1.29, 1.82) is 0 Å². The van der Waals surface area contributed by atoms with Gasteiger partial charge in [0.15, 0.2) is 23.1 Å². The van der Waals surface area contributed by atoms with Crippen LogP contribution < -0.4 is 35.1 Å². The molecule has 4 aromatic rings. The number of nitrogens with zero attached hydrogens (tertiary/aromatic N) is 4. The number of ether oxygens (including phenoxy) is 3. The Morgan fingerprint density at radius 3 is 2.47 bits per heavy atom. The molecule has 0 saturated carbocycles. The summed E-state index contributed by atoms with van der Waals surface area (Å²) in [6, 6.07) is 8.95. The van der Waals surface area contributed by atoms with Crippen LogP contribution in [-0.2, 0) is 11.3 Å². The Balaban J connectivity index is 1.56. The van der Waals surface area contributed by atoms with Crippen molar-refractivity contribution in [3.63, 3.8) is 0 Å². The minimum atomic E-state index is -5.48. The molecule has 3 aromatic carbocycles. The minimum absolute atomic E-state index is 0.0175. The molecule has 51 heavy (non-hydrogen) atoms. The molecule has 0 fully saturated rings. The smallest absolute Gasteiger partial charge is 0.454 e. The minimum Gasteiger partial charge on any atom is -0.454 e. The van der Waals surface area contributed by atoms with Crippen LogP contribution in [0.5, 0.6) is 17.2 Å². The van der Waals surface area contributed by atoms with Crippen molar-refractivity contribution in [2.24, 2.45) is 0 Å². The van der Waals surface area contributed by atoms with Crippen molar-refractivity contribution in [2.45, 2.75) is 19.6 Å². The second-order valence-corrected chi connectivity index (χ2v) is 11.5. The lowest BCUT2D eigenvalue weighted by Gasteiger charge is -2.31. The highest BCUT2D eigenvalue weighted by molar-refractivity contribution is 6.09. The largest absolute Gasteiger partial charge is 0.491 e. The van der Waals surface area contributed by atoms with Crippen LogP contribution in [0, 0.1) is 18.6 Å². The number of urea groups is 1. The molecule has 6 rings (SSSR count). The van der Waals surface area contributed by atoms with Crippen LogP contribution >= 0.6 is 0 Å². The van der Waals surface area contributed by atoms with Gasteiger partial charge >= 0.3 is 18.2 Å². The van der Waals surface area contributed by atoms with E-state index in [2.05, 4.69) is 25.9 Å². The molecule has 3 amide bonds. The molecule has 0 spiro atoms. The van der Waals surface area contributed by atoms with Crippen LogP contribution in [0.2, 0.25) is 0 Å². The summed E-state index contributed by atoms with van der Waals surface area (Å²) < 4.78 is 87.0. The number of alkyl halides is 3. The Morgan fingerprint density at radius 2 is 1.76 bits per heavy atom. The third-order valence-electron chi connectivity index (χ3n) is 7.72. The molecule has 3 N–H and O–H groups in total. The maximum absolute atomic E-state index is 15.1. The maximum atomic E-state index is 15.1. The predicted molar refractivity (Wildman–Crippen MR) is 172 cm³/mol. The first-order valence-corrected chi connectivity index (χ1v) is 15.2. The fourth-order valence-electron chi connectivity index (χ4n) is 5.33. The molecule has 2 aliphatic rings. The number of halogens is 5. The number of amides is 3. The van der Waals surface area contributed by atoms with Crippen LogP contribution in [0.25, 0.3) is 11.3 Å². The lowest BCUT2D eigenvalue weighted by Crippen LogP contribution is -2.43. The number of nitrogens with one attached hydrogen (secondary N) is 3. The van der Waals surface area contributed by atoms with Gasteiger partial charge in [-0.1, -0.05) is 12.1 Å². The van der Waals surface area contributed by atoms with Crippen LogP contribution in [-0.4, -0.2) is 72.9 Å². The fraction of sp³-hybridized carbons (Fsp3) is 0.242. The predicted octanol–water partition coefficient (Wildman–Crippen LogP) is 5.51. The molecule has 2 aliphatic heterocycles. The highest BCUT2D eigenvalue weighted by atomic mass is 19.4. The lowest BCUT2D eigenvalue weighted by atomic mass is 9.95. The average Bonchev–Trinajstić information content (AvgIpc) is 3.53. The Hall–Kier alpha value is -6.04. The number of likely N-dealkylation sites (N-methyl/N-ethyl adjacent to an activating group) is 1. The molecule has 13 nitrogen and oxygen atoms in total. The Kier molecular flexibility index (Phi) is 9.35. The number of hydrogen-bond donors (Lipinski definition) is 3. The van der Waals surface area contributed by atoms with Crippen molar-refractivity contribution < 1.29 is 50.5 Å². The summed E-state index contributed by atoms with van der Waals surface area (Å²) in [5.41, 5.74) is -1.40. The zero-order valence-electron chi connectivity index (χ0n) is 27.1. The van der Waals surface area contributed by atoms with E-state index in [-0.39, 0.29) is 59.7 Å². The summed E-state index contributed by atoms with van der Waals surface area (Å²) in [6.07, 6.45) is -5.48. The van der Waals surface area contributed by atoms with Crippen molar-refractivity contribution in [1.82, 2.24) is 20.2 Å². The second kappa shape index (κ2) is 13.7. The Morgan fingerprint density at radius 1 is 1.04 bits per heavy atom. The highest BCUT2D eigenvalue weighted by Crippen LogP contribution is 2.44. The van der Waals surface area contributed by atoms with Crippen molar-refractivity contribution in [3.8, 4) is 28.5 Å². The van der Waals surface area contributed by atoms with E-state index in [1.807, 2.05) is 4.90 Å². The topological polar surface area (TPSA) is 147 Å². The maximum Gasteiger partial charge on any atom is 0.491 e. The van der Waals surface area contributed by atoms with Gasteiger partial charge in [-0.2, -0.15) is 18.2 Å².